The Balaban J connectivity index is 1.63. The second kappa shape index (κ2) is 7.30. The van der Waals surface area contributed by atoms with E-state index in [1.807, 2.05) is 0 Å². The molecule has 2 heterocycles. The summed E-state index contributed by atoms with van der Waals surface area (Å²) in [5.74, 6) is 0.561. The monoisotopic (exact) mass is 351 g/mol. The van der Waals surface area contributed by atoms with E-state index >= 15 is 0 Å². The van der Waals surface area contributed by atoms with E-state index in [1.54, 1.807) is 36.5 Å². The molecule has 4 nitrogen and oxygen atoms in total. The molecule has 3 rings (SSSR count). The zero-order valence-corrected chi connectivity index (χ0v) is 13.8. The van der Waals surface area contributed by atoms with Crippen molar-refractivity contribution in [3.63, 3.8) is 0 Å². The van der Waals surface area contributed by atoms with Gasteiger partial charge in [-0.25, -0.2) is 4.98 Å². The third-order valence-electron chi connectivity index (χ3n) is 3.56. The summed E-state index contributed by atoms with van der Waals surface area (Å²) in [5.41, 5.74) is 1.20. The lowest BCUT2D eigenvalue weighted by Gasteiger charge is -2.11. The molecule has 1 aliphatic rings. The maximum absolute atomic E-state index is 12.3. The normalized spacial score (nSPS) is 17.2. The lowest BCUT2D eigenvalue weighted by atomic mass is 10.1. The smallest absolute Gasteiger partial charge is 0.185 e. The Kier molecular flexibility index (Phi) is 5.16. The van der Waals surface area contributed by atoms with Gasteiger partial charge in [-0.1, -0.05) is 29.3 Å². The summed E-state index contributed by atoms with van der Waals surface area (Å²) in [4.78, 5) is 16.4. The van der Waals surface area contributed by atoms with Crippen LogP contribution < -0.4 is 4.74 Å². The molecule has 0 bridgehead atoms. The van der Waals surface area contributed by atoms with Crippen molar-refractivity contribution in [3.8, 4) is 5.75 Å². The number of Topliss-reactive ketones (excluding diaryl/α,β-unsaturated/α-hetero) is 1. The highest BCUT2D eigenvalue weighted by Crippen LogP contribution is 2.23. The molecule has 0 spiro atoms. The SMILES string of the molecule is O=C(Cc1ccc(Cl)c(Cl)c1)c1ccc(OC2CCOC2)cn1. The fraction of sp³-hybridized carbons (Fsp3) is 0.294. The van der Waals surface area contributed by atoms with E-state index in [0.29, 0.717) is 28.1 Å². The van der Waals surface area contributed by atoms with Crippen LogP contribution in [0.15, 0.2) is 36.5 Å². The highest BCUT2D eigenvalue weighted by molar-refractivity contribution is 6.42. The van der Waals surface area contributed by atoms with Gasteiger partial charge in [0.05, 0.1) is 29.5 Å². The Morgan fingerprint density at radius 1 is 1.26 bits per heavy atom. The minimum atomic E-state index is -0.0841. The molecule has 1 aliphatic heterocycles. The second-order valence-electron chi connectivity index (χ2n) is 5.33. The molecule has 23 heavy (non-hydrogen) atoms. The van der Waals surface area contributed by atoms with E-state index < -0.39 is 0 Å². The molecule has 1 aromatic heterocycles. The molecular weight excluding hydrogens is 337 g/mol. The van der Waals surface area contributed by atoms with Gasteiger partial charge in [-0.3, -0.25) is 4.79 Å². The van der Waals surface area contributed by atoms with Crippen molar-refractivity contribution in [2.75, 3.05) is 13.2 Å². The number of ether oxygens (including phenoxy) is 2. The topological polar surface area (TPSA) is 48.4 Å². The predicted octanol–water partition coefficient (Wildman–Crippen LogP) is 3.98. The van der Waals surface area contributed by atoms with Crippen molar-refractivity contribution < 1.29 is 14.3 Å². The molecule has 0 amide bonds. The van der Waals surface area contributed by atoms with Crippen LogP contribution in [-0.4, -0.2) is 30.1 Å². The fourth-order valence-corrected chi connectivity index (χ4v) is 2.66. The van der Waals surface area contributed by atoms with Gasteiger partial charge in [0.15, 0.2) is 5.78 Å². The maximum atomic E-state index is 12.3. The van der Waals surface area contributed by atoms with Crippen molar-refractivity contribution >= 4 is 29.0 Å². The number of hydrogen-bond donors (Lipinski definition) is 0. The minimum Gasteiger partial charge on any atom is -0.486 e. The maximum Gasteiger partial charge on any atom is 0.185 e. The Bertz CT molecular complexity index is 697. The highest BCUT2D eigenvalue weighted by Gasteiger charge is 2.17. The molecule has 2 aromatic rings. The number of nitrogens with zero attached hydrogens (tertiary/aromatic N) is 1. The third kappa shape index (κ3) is 4.22. The van der Waals surface area contributed by atoms with Gasteiger partial charge in [-0.15, -0.1) is 0 Å². The highest BCUT2D eigenvalue weighted by atomic mass is 35.5. The van der Waals surface area contributed by atoms with Crippen molar-refractivity contribution in [1.29, 1.82) is 0 Å². The Morgan fingerprint density at radius 3 is 2.78 bits per heavy atom. The molecule has 0 radical (unpaired) electrons. The predicted molar refractivity (Wildman–Crippen MR) is 88.6 cm³/mol. The molecule has 1 atom stereocenters. The summed E-state index contributed by atoms with van der Waals surface area (Å²) in [5, 5.41) is 0.908. The first-order valence-electron chi connectivity index (χ1n) is 7.29. The van der Waals surface area contributed by atoms with Crippen LogP contribution in [0.25, 0.3) is 0 Å². The van der Waals surface area contributed by atoms with Crippen LogP contribution in [0.3, 0.4) is 0 Å². The summed E-state index contributed by atoms with van der Waals surface area (Å²) in [6, 6.07) is 8.59. The summed E-state index contributed by atoms with van der Waals surface area (Å²) in [6.45, 7) is 1.32. The molecular formula is C17H15Cl2NO3. The molecule has 1 unspecified atom stereocenters. The van der Waals surface area contributed by atoms with Crippen molar-refractivity contribution in [1.82, 2.24) is 4.98 Å². The van der Waals surface area contributed by atoms with E-state index in [0.717, 1.165) is 18.6 Å². The molecule has 6 heteroatoms. The van der Waals surface area contributed by atoms with Gasteiger partial charge in [-0.2, -0.15) is 0 Å². The first-order valence-corrected chi connectivity index (χ1v) is 8.05. The van der Waals surface area contributed by atoms with E-state index in [2.05, 4.69) is 4.98 Å². The number of aromatic nitrogens is 1. The molecule has 0 N–H and O–H groups in total. The van der Waals surface area contributed by atoms with Crippen molar-refractivity contribution in [2.45, 2.75) is 18.9 Å². The van der Waals surface area contributed by atoms with Crippen LogP contribution in [-0.2, 0) is 11.2 Å². The second-order valence-corrected chi connectivity index (χ2v) is 6.15. The van der Waals surface area contributed by atoms with Gasteiger partial charge >= 0.3 is 0 Å². The first kappa shape index (κ1) is 16.2. The average Bonchev–Trinajstić information content (AvgIpc) is 3.04. The number of benzene rings is 1. The summed E-state index contributed by atoms with van der Waals surface area (Å²) >= 11 is 11.8. The summed E-state index contributed by atoms with van der Waals surface area (Å²) < 4.78 is 11.0. The largest absolute Gasteiger partial charge is 0.486 e. The average molecular weight is 352 g/mol. The Hall–Kier alpha value is -1.62. The first-order chi connectivity index (χ1) is 11.1. The van der Waals surface area contributed by atoms with Gasteiger partial charge < -0.3 is 9.47 Å². The van der Waals surface area contributed by atoms with E-state index in [9.17, 15) is 4.79 Å². The van der Waals surface area contributed by atoms with Crippen LogP contribution in [0.1, 0.15) is 22.5 Å². The third-order valence-corrected chi connectivity index (χ3v) is 4.30. The number of rotatable bonds is 5. The Labute approximate surface area is 144 Å². The minimum absolute atomic E-state index is 0.0644. The van der Waals surface area contributed by atoms with Crippen LogP contribution >= 0.6 is 23.2 Å². The standard InChI is InChI=1S/C17H15Cl2NO3/c18-14-3-1-11(7-15(14)19)8-17(21)16-4-2-12(9-20-16)23-13-5-6-22-10-13/h1-4,7,9,13H,5-6,8,10H2. The van der Waals surface area contributed by atoms with Gasteiger partial charge in [0.2, 0.25) is 0 Å². The Morgan fingerprint density at radius 2 is 2.13 bits per heavy atom. The van der Waals surface area contributed by atoms with Crippen molar-refractivity contribution in [2.24, 2.45) is 0 Å². The van der Waals surface area contributed by atoms with E-state index in [4.69, 9.17) is 32.7 Å². The molecule has 0 aliphatic carbocycles. The van der Waals surface area contributed by atoms with Crippen LogP contribution in [0.2, 0.25) is 10.0 Å². The van der Waals surface area contributed by atoms with E-state index in [-0.39, 0.29) is 18.3 Å². The van der Waals surface area contributed by atoms with Crippen LogP contribution in [0.5, 0.6) is 5.75 Å². The van der Waals surface area contributed by atoms with Crippen LogP contribution in [0, 0.1) is 0 Å². The zero-order valence-electron chi connectivity index (χ0n) is 12.3. The fourth-order valence-electron chi connectivity index (χ4n) is 2.34. The number of ketones is 1. The van der Waals surface area contributed by atoms with Gasteiger partial charge in [-0.05, 0) is 29.8 Å². The van der Waals surface area contributed by atoms with Gasteiger partial charge in [0.1, 0.15) is 17.5 Å². The number of carbonyl (C=O) groups excluding carboxylic acids is 1. The van der Waals surface area contributed by atoms with Crippen LogP contribution in [0.4, 0.5) is 0 Å². The number of carbonyl (C=O) groups is 1. The molecule has 1 fully saturated rings. The number of pyridine rings is 1. The summed E-state index contributed by atoms with van der Waals surface area (Å²) in [7, 11) is 0. The number of hydrogen-bond acceptors (Lipinski definition) is 4. The van der Waals surface area contributed by atoms with E-state index in [1.165, 1.54) is 0 Å². The molecule has 1 aromatic carbocycles. The zero-order chi connectivity index (χ0) is 16.2. The lowest BCUT2D eigenvalue weighted by Crippen LogP contribution is -2.16. The molecule has 120 valence electrons. The number of halogens is 2. The summed E-state index contributed by atoms with van der Waals surface area (Å²) in [6.07, 6.45) is 2.73. The van der Waals surface area contributed by atoms with Crippen molar-refractivity contribution in [3.05, 3.63) is 57.8 Å². The lowest BCUT2D eigenvalue weighted by molar-refractivity contribution is 0.0988. The quantitative estimate of drug-likeness (QED) is 0.764. The van der Waals surface area contributed by atoms with Gasteiger partial charge in [0.25, 0.3) is 0 Å². The molecule has 0 saturated carbocycles. The van der Waals surface area contributed by atoms with Gasteiger partial charge in [0, 0.05) is 12.8 Å². The molecule has 1 saturated heterocycles.